The predicted octanol–water partition coefficient (Wildman–Crippen LogP) is 1.95. The van der Waals surface area contributed by atoms with Gasteiger partial charge in [0.25, 0.3) is 10.0 Å². The number of nitrogens with zero attached hydrogens (tertiary/aromatic N) is 1. The van der Waals surface area contributed by atoms with Crippen LogP contribution in [0.5, 0.6) is 5.75 Å². The zero-order chi connectivity index (χ0) is 12.9. The largest absolute Gasteiger partial charge is 0.497 e. The number of hydrogen-bond donors (Lipinski definition) is 0. The quantitative estimate of drug-likeness (QED) is 0.755. The van der Waals surface area contributed by atoms with Gasteiger partial charge in [-0.2, -0.15) is 0 Å². The molecular formula is C12H16NO3S. The van der Waals surface area contributed by atoms with Gasteiger partial charge in [-0.25, -0.2) is 8.42 Å². The number of allylic oxidation sites excluding steroid dienone is 1. The van der Waals surface area contributed by atoms with E-state index in [-0.39, 0.29) is 11.4 Å². The lowest BCUT2D eigenvalue weighted by Crippen LogP contribution is -2.16. The minimum Gasteiger partial charge on any atom is -0.497 e. The lowest BCUT2D eigenvalue weighted by atomic mass is 10.3. The van der Waals surface area contributed by atoms with Gasteiger partial charge >= 0.3 is 0 Å². The summed E-state index contributed by atoms with van der Waals surface area (Å²) in [6, 6.07) is 6.17. The first-order valence-electron chi connectivity index (χ1n) is 5.17. The van der Waals surface area contributed by atoms with Crippen molar-refractivity contribution in [2.75, 3.05) is 13.7 Å². The average molecular weight is 254 g/mol. The van der Waals surface area contributed by atoms with Crippen LogP contribution in [0.3, 0.4) is 0 Å². The highest BCUT2D eigenvalue weighted by molar-refractivity contribution is 7.89. The monoisotopic (exact) mass is 254 g/mol. The summed E-state index contributed by atoms with van der Waals surface area (Å²) in [5.74, 6) is 0.619. The standard InChI is InChI=1S/C12H16NO3S/c1-10(2)8-9-13-17(14,15)12-6-4-11(16-3)5-7-12/h4-8H,9H2,1-3H3. The Kier molecular flexibility index (Phi) is 4.72. The molecule has 0 aliphatic rings. The summed E-state index contributed by atoms with van der Waals surface area (Å²) in [5.41, 5.74) is 1.04. The first-order valence-corrected chi connectivity index (χ1v) is 6.61. The van der Waals surface area contributed by atoms with Gasteiger partial charge in [-0.1, -0.05) is 11.6 Å². The highest BCUT2D eigenvalue weighted by Crippen LogP contribution is 2.15. The number of sulfonamides is 1. The summed E-state index contributed by atoms with van der Waals surface area (Å²) in [6.45, 7) is 3.97. The third-order valence-corrected chi connectivity index (χ3v) is 3.46. The molecule has 0 bridgehead atoms. The van der Waals surface area contributed by atoms with Gasteiger partial charge < -0.3 is 4.74 Å². The van der Waals surface area contributed by atoms with Crippen LogP contribution in [0, 0.1) is 0 Å². The fourth-order valence-corrected chi connectivity index (χ4v) is 2.04. The molecule has 4 nitrogen and oxygen atoms in total. The second-order valence-corrected chi connectivity index (χ2v) is 5.42. The van der Waals surface area contributed by atoms with E-state index in [0.29, 0.717) is 5.75 Å². The van der Waals surface area contributed by atoms with Crippen LogP contribution >= 0.6 is 0 Å². The molecule has 0 unspecified atom stereocenters. The van der Waals surface area contributed by atoms with Crippen molar-refractivity contribution in [3.05, 3.63) is 35.9 Å². The smallest absolute Gasteiger partial charge is 0.257 e. The molecule has 0 N–H and O–H groups in total. The molecule has 1 rings (SSSR count). The maximum atomic E-state index is 11.8. The Balaban J connectivity index is 2.79. The zero-order valence-electron chi connectivity index (χ0n) is 10.2. The van der Waals surface area contributed by atoms with E-state index in [9.17, 15) is 8.42 Å². The maximum Gasteiger partial charge on any atom is 0.257 e. The van der Waals surface area contributed by atoms with Gasteiger partial charge in [0.15, 0.2) is 0 Å². The Hall–Kier alpha value is -1.33. The molecule has 0 saturated heterocycles. The fraction of sp³-hybridized carbons (Fsp3) is 0.333. The van der Waals surface area contributed by atoms with Crippen molar-refractivity contribution in [1.29, 1.82) is 0 Å². The fourth-order valence-electron chi connectivity index (χ4n) is 1.14. The SMILES string of the molecule is COc1ccc(S(=O)(=O)[N]CC=C(C)C)cc1. The summed E-state index contributed by atoms with van der Waals surface area (Å²) in [7, 11) is -2.03. The van der Waals surface area contributed by atoms with E-state index in [1.807, 2.05) is 13.8 Å². The second kappa shape index (κ2) is 5.84. The molecule has 0 fully saturated rings. The molecule has 0 heterocycles. The number of benzene rings is 1. The van der Waals surface area contributed by atoms with Crippen LogP contribution in [0.15, 0.2) is 40.8 Å². The predicted molar refractivity (Wildman–Crippen MR) is 66.6 cm³/mol. The molecule has 0 aromatic heterocycles. The molecule has 0 atom stereocenters. The lowest BCUT2D eigenvalue weighted by molar-refractivity contribution is 0.414. The van der Waals surface area contributed by atoms with E-state index in [0.717, 1.165) is 5.57 Å². The van der Waals surface area contributed by atoms with Crippen LogP contribution in [0.4, 0.5) is 0 Å². The van der Waals surface area contributed by atoms with Crippen LogP contribution in [0.1, 0.15) is 13.8 Å². The van der Waals surface area contributed by atoms with Crippen LogP contribution in [-0.4, -0.2) is 22.1 Å². The summed E-state index contributed by atoms with van der Waals surface area (Å²) in [4.78, 5) is 0.181. The van der Waals surface area contributed by atoms with E-state index >= 15 is 0 Å². The van der Waals surface area contributed by atoms with Crippen LogP contribution < -0.4 is 9.46 Å². The zero-order valence-corrected chi connectivity index (χ0v) is 11.0. The Morgan fingerprint density at radius 2 is 1.88 bits per heavy atom. The number of methoxy groups -OCH3 is 1. The molecule has 1 aromatic carbocycles. The van der Waals surface area contributed by atoms with E-state index < -0.39 is 10.0 Å². The molecule has 0 amide bonds. The van der Waals surface area contributed by atoms with Crippen molar-refractivity contribution in [2.24, 2.45) is 0 Å². The third-order valence-electron chi connectivity index (χ3n) is 2.10. The molecule has 5 heteroatoms. The second-order valence-electron chi connectivity index (χ2n) is 3.74. The molecule has 0 aliphatic heterocycles. The summed E-state index contributed by atoms with van der Waals surface area (Å²) >= 11 is 0. The Labute approximate surface area is 102 Å². The topological polar surface area (TPSA) is 57.5 Å². The van der Waals surface area contributed by atoms with Crippen molar-refractivity contribution in [1.82, 2.24) is 4.72 Å². The Morgan fingerprint density at radius 3 is 2.35 bits per heavy atom. The summed E-state index contributed by atoms with van der Waals surface area (Å²) in [6.07, 6.45) is 1.76. The highest BCUT2D eigenvalue weighted by Gasteiger charge is 2.13. The van der Waals surface area contributed by atoms with Gasteiger partial charge in [0.1, 0.15) is 5.75 Å². The third kappa shape index (κ3) is 4.20. The van der Waals surface area contributed by atoms with Crippen molar-refractivity contribution in [3.8, 4) is 5.75 Å². The van der Waals surface area contributed by atoms with Gasteiger partial charge in [-0.15, -0.1) is 4.72 Å². The van der Waals surface area contributed by atoms with E-state index in [2.05, 4.69) is 4.72 Å². The van der Waals surface area contributed by atoms with Crippen LogP contribution in [-0.2, 0) is 10.0 Å². The molecule has 17 heavy (non-hydrogen) atoms. The molecule has 93 valence electrons. The van der Waals surface area contributed by atoms with Crippen LogP contribution in [0.25, 0.3) is 0 Å². The highest BCUT2D eigenvalue weighted by atomic mass is 32.2. The average Bonchev–Trinajstić information content (AvgIpc) is 2.28. The van der Waals surface area contributed by atoms with E-state index in [4.69, 9.17) is 4.74 Å². The molecule has 1 aromatic rings. The lowest BCUT2D eigenvalue weighted by Gasteiger charge is -2.04. The summed E-state index contributed by atoms with van der Waals surface area (Å²) < 4.78 is 32.2. The molecule has 0 aliphatic carbocycles. The minimum absolute atomic E-state index is 0.177. The van der Waals surface area contributed by atoms with Crippen molar-refractivity contribution < 1.29 is 13.2 Å². The Morgan fingerprint density at radius 1 is 1.29 bits per heavy atom. The number of ether oxygens (including phenoxy) is 1. The van der Waals surface area contributed by atoms with E-state index in [1.165, 1.54) is 19.2 Å². The molecule has 0 spiro atoms. The molecule has 1 radical (unpaired) electrons. The maximum absolute atomic E-state index is 11.8. The van der Waals surface area contributed by atoms with Gasteiger partial charge in [0, 0.05) is 6.54 Å². The molecule has 0 saturated carbocycles. The van der Waals surface area contributed by atoms with Gasteiger partial charge in [-0.05, 0) is 38.1 Å². The van der Waals surface area contributed by atoms with Gasteiger partial charge in [0.2, 0.25) is 0 Å². The minimum atomic E-state index is -3.56. The van der Waals surface area contributed by atoms with Gasteiger partial charge in [0.05, 0.1) is 12.0 Å². The van der Waals surface area contributed by atoms with Gasteiger partial charge in [-0.3, -0.25) is 0 Å². The van der Waals surface area contributed by atoms with Crippen molar-refractivity contribution >= 4 is 10.0 Å². The van der Waals surface area contributed by atoms with Crippen LogP contribution in [0.2, 0.25) is 0 Å². The molecular weight excluding hydrogens is 238 g/mol. The first-order chi connectivity index (χ1) is 7.95. The first kappa shape index (κ1) is 13.7. The number of rotatable bonds is 5. The number of hydrogen-bond acceptors (Lipinski definition) is 3. The van der Waals surface area contributed by atoms with E-state index in [1.54, 1.807) is 18.2 Å². The van der Waals surface area contributed by atoms with Crippen molar-refractivity contribution in [2.45, 2.75) is 18.7 Å². The normalized spacial score (nSPS) is 11.0. The van der Waals surface area contributed by atoms with Crippen molar-refractivity contribution in [3.63, 3.8) is 0 Å². The summed E-state index contributed by atoms with van der Waals surface area (Å²) in [5, 5.41) is 0. The Bertz CT molecular complexity index is 485.